The number of pyridine rings is 2. The number of carbonyl (C=O) groups is 2. The molecule has 3 aromatic carbocycles. The third-order valence-electron chi connectivity index (χ3n) is 8.89. The molecule has 3 N–H and O–H groups in total. The highest BCUT2D eigenvalue weighted by molar-refractivity contribution is 7.22. The molecule has 1 amide bonds. The fourth-order valence-corrected chi connectivity index (χ4v) is 7.06. The number of amides is 1. The van der Waals surface area contributed by atoms with E-state index in [-0.39, 0.29) is 11.6 Å². The number of carboxylic acid groups (broad SMARTS) is 1. The Labute approximate surface area is 305 Å². The van der Waals surface area contributed by atoms with Gasteiger partial charge in [-0.2, -0.15) is 0 Å². The van der Waals surface area contributed by atoms with E-state index in [0.717, 1.165) is 50.6 Å². The molecule has 11 nitrogen and oxygen atoms in total. The van der Waals surface area contributed by atoms with E-state index in [9.17, 15) is 14.7 Å². The lowest BCUT2D eigenvalue weighted by atomic mass is 9.94. The normalized spacial score (nSPS) is 12.4. The van der Waals surface area contributed by atoms with Crippen molar-refractivity contribution in [1.82, 2.24) is 20.3 Å². The summed E-state index contributed by atoms with van der Waals surface area (Å²) < 4.78 is 12.6. The minimum absolute atomic E-state index is 0.0282. The van der Waals surface area contributed by atoms with Gasteiger partial charge in [-0.05, 0) is 104 Å². The lowest BCUT2D eigenvalue weighted by molar-refractivity contribution is 0.0688. The van der Waals surface area contributed by atoms with E-state index in [1.54, 1.807) is 6.20 Å². The lowest BCUT2D eigenvalue weighted by Gasteiger charge is -2.31. The number of benzene rings is 3. The van der Waals surface area contributed by atoms with Crippen LogP contribution in [0.4, 0.5) is 10.9 Å². The second-order valence-electron chi connectivity index (χ2n) is 12.3. The van der Waals surface area contributed by atoms with Gasteiger partial charge < -0.3 is 24.8 Å². The fraction of sp³-hybridized carbons (Fsp3) is 0.225. The van der Waals surface area contributed by atoms with Crippen molar-refractivity contribution in [1.29, 1.82) is 0 Å². The molecule has 0 fully saturated rings. The molecule has 6 aromatic rings. The van der Waals surface area contributed by atoms with Gasteiger partial charge in [0.15, 0.2) is 10.8 Å². The maximum atomic E-state index is 13.5. The van der Waals surface area contributed by atoms with Gasteiger partial charge in [-0.1, -0.05) is 41.7 Å². The summed E-state index contributed by atoms with van der Waals surface area (Å²) >= 11 is 1.43. The first-order valence-corrected chi connectivity index (χ1v) is 18.0. The first-order chi connectivity index (χ1) is 25.4. The van der Waals surface area contributed by atoms with Crippen molar-refractivity contribution >= 4 is 44.4 Å². The molecular formula is C40H38N6O5S. The average Bonchev–Trinajstić information content (AvgIpc) is 3.59. The monoisotopic (exact) mass is 714 g/mol. The molecule has 0 atom stereocenters. The third-order valence-corrected chi connectivity index (χ3v) is 9.84. The van der Waals surface area contributed by atoms with Crippen LogP contribution in [0.25, 0.3) is 21.5 Å². The number of aryl methyl sites for hydroxylation is 1. The standard InChI is InChI=1S/C40H38N6O5S/c1-41-20-23-51-30-16-17-33(42-24-30)27-11-14-29(15-12-27)50-22-5-7-28-13-18-36(44-37(28)39(48)49)46-21-19-26-6-4-8-31(32(26)25-46)38(47)45-40-43-34-9-2-3-10-35(34)52-40/h2-4,6,8-18,24,41H,5,7,19-23,25H2,1H3,(H,48,49)(H,43,45,47). The number of nitrogens with zero attached hydrogens (tertiary/aromatic N) is 4. The predicted octanol–water partition coefficient (Wildman–Crippen LogP) is 6.88. The van der Waals surface area contributed by atoms with Crippen molar-refractivity contribution in [2.75, 3.05) is 43.6 Å². The number of para-hydroxylation sites is 1. The van der Waals surface area contributed by atoms with Gasteiger partial charge in [0.05, 0.1) is 28.7 Å². The Hall–Kier alpha value is -5.85. The number of likely N-dealkylation sites (N-methyl/N-ethyl adjacent to an activating group) is 1. The molecule has 0 unspecified atom stereocenters. The Kier molecular flexibility index (Phi) is 10.6. The molecule has 12 heteroatoms. The van der Waals surface area contributed by atoms with E-state index in [4.69, 9.17) is 9.47 Å². The molecule has 4 heterocycles. The number of rotatable bonds is 14. The van der Waals surface area contributed by atoms with Crippen molar-refractivity contribution < 1.29 is 24.2 Å². The van der Waals surface area contributed by atoms with Crippen LogP contribution in [0, 0.1) is 0 Å². The molecule has 52 heavy (non-hydrogen) atoms. The topological polar surface area (TPSA) is 139 Å². The number of aromatic nitrogens is 3. The maximum Gasteiger partial charge on any atom is 0.354 e. The molecule has 264 valence electrons. The Morgan fingerprint density at radius 1 is 0.904 bits per heavy atom. The number of carboxylic acids is 1. The quantitative estimate of drug-likeness (QED) is 0.102. The van der Waals surface area contributed by atoms with Crippen LogP contribution in [0.15, 0.2) is 97.2 Å². The molecule has 7 rings (SSSR count). The summed E-state index contributed by atoms with van der Waals surface area (Å²) in [4.78, 5) is 41.5. The van der Waals surface area contributed by atoms with E-state index >= 15 is 0 Å². The number of carbonyl (C=O) groups excluding carboxylic acids is 1. The van der Waals surface area contributed by atoms with Crippen LogP contribution in [-0.2, 0) is 19.4 Å². The van der Waals surface area contributed by atoms with Crippen molar-refractivity contribution in [3.63, 3.8) is 0 Å². The van der Waals surface area contributed by atoms with E-state index in [1.165, 1.54) is 11.3 Å². The summed E-state index contributed by atoms with van der Waals surface area (Å²) in [7, 11) is 1.88. The summed E-state index contributed by atoms with van der Waals surface area (Å²) in [5.74, 6) is 0.715. The van der Waals surface area contributed by atoms with Crippen LogP contribution in [0.3, 0.4) is 0 Å². The van der Waals surface area contributed by atoms with Crippen LogP contribution in [0.5, 0.6) is 11.5 Å². The Morgan fingerprint density at radius 3 is 2.52 bits per heavy atom. The predicted molar refractivity (Wildman–Crippen MR) is 203 cm³/mol. The van der Waals surface area contributed by atoms with Crippen LogP contribution >= 0.6 is 11.3 Å². The summed E-state index contributed by atoms with van der Waals surface area (Å²) in [5, 5.41) is 16.7. The number of nitrogens with one attached hydrogen (secondary N) is 2. The van der Waals surface area contributed by atoms with Gasteiger partial charge >= 0.3 is 5.97 Å². The Balaban J connectivity index is 0.954. The Morgan fingerprint density at radius 2 is 1.73 bits per heavy atom. The van der Waals surface area contributed by atoms with E-state index in [1.807, 2.05) is 103 Å². The van der Waals surface area contributed by atoms with Gasteiger partial charge in [0.25, 0.3) is 5.91 Å². The zero-order valence-electron chi connectivity index (χ0n) is 28.7. The van der Waals surface area contributed by atoms with Crippen molar-refractivity contribution in [2.45, 2.75) is 25.8 Å². The molecule has 1 aliphatic heterocycles. The molecule has 0 spiro atoms. The molecular weight excluding hydrogens is 677 g/mol. The molecule has 0 radical (unpaired) electrons. The number of anilines is 2. The van der Waals surface area contributed by atoms with Gasteiger partial charge in [-0.25, -0.2) is 14.8 Å². The number of fused-ring (bicyclic) bond motifs is 2. The van der Waals surface area contributed by atoms with Crippen LogP contribution < -0.4 is 25.0 Å². The molecule has 0 aliphatic carbocycles. The highest BCUT2D eigenvalue weighted by Gasteiger charge is 2.25. The van der Waals surface area contributed by atoms with Gasteiger partial charge in [-0.3, -0.25) is 15.1 Å². The summed E-state index contributed by atoms with van der Waals surface area (Å²) in [5.41, 5.74) is 5.89. The maximum absolute atomic E-state index is 13.5. The van der Waals surface area contributed by atoms with Gasteiger partial charge in [0.2, 0.25) is 0 Å². The van der Waals surface area contributed by atoms with E-state index in [0.29, 0.717) is 67.6 Å². The first-order valence-electron chi connectivity index (χ1n) is 17.2. The smallest absolute Gasteiger partial charge is 0.354 e. The summed E-state index contributed by atoms with van der Waals surface area (Å²) in [6.07, 6.45) is 3.54. The minimum atomic E-state index is -1.08. The average molecular weight is 715 g/mol. The van der Waals surface area contributed by atoms with E-state index in [2.05, 4.69) is 25.6 Å². The zero-order chi connectivity index (χ0) is 35.9. The summed E-state index contributed by atoms with van der Waals surface area (Å²) in [6.45, 7) is 2.85. The Bertz CT molecular complexity index is 2160. The van der Waals surface area contributed by atoms with Crippen LogP contribution in [0.1, 0.15) is 44.0 Å². The van der Waals surface area contributed by atoms with Crippen LogP contribution in [0.2, 0.25) is 0 Å². The number of aromatic carboxylic acids is 1. The first kappa shape index (κ1) is 34.6. The third kappa shape index (κ3) is 8.03. The van der Waals surface area contributed by atoms with Gasteiger partial charge in [0.1, 0.15) is 23.9 Å². The number of hydrogen-bond donors (Lipinski definition) is 3. The number of hydrogen-bond acceptors (Lipinski definition) is 10. The van der Waals surface area contributed by atoms with Crippen molar-refractivity contribution in [2.24, 2.45) is 0 Å². The SMILES string of the molecule is CNCCOc1ccc(-c2ccc(OCCCc3ccc(N4CCc5cccc(C(=O)Nc6nc7ccccc7s6)c5C4)nc3C(=O)O)cc2)nc1. The van der Waals surface area contributed by atoms with Gasteiger partial charge in [0, 0.05) is 30.8 Å². The number of ether oxygens (including phenoxy) is 2. The van der Waals surface area contributed by atoms with Crippen LogP contribution in [-0.4, -0.2) is 65.3 Å². The van der Waals surface area contributed by atoms with Crippen molar-refractivity contribution in [3.8, 4) is 22.8 Å². The fourth-order valence-electron chi connectivity index (χ4n) is 6.20. The van der Waals surface area contributed by atoms with E-state index < -0.39 is 5.97 Å². The second kappa shape index (κ2) is 16.0. The largest absolute Gasteiger partial charge is 0.494 e. The molecule has 3 aromatic heterocycles. The summed E-state index contributed by atoms with van der Waals surface area (Å²) in [6, 6.07) is 28.8. The minimum Gasteiger partial charge on any atom is -0.494 e. The molecule has 0 bridgehead atoms. The molecule has 0 saturated heterocycles. The zero-order valence-corrected chi connectivity index (χ0v) is 29.5. The second-order valence-corrected chi connectivity index (χ2v) is 13.4. The highest BCUT2D eigenvalue weighted by Crippen LogP contribution is 2.30. The van der Waals surface area contributed by atoms with Gasteiger partial charge in [-0.15, -0.1) is 0 Å². The molecule has 0 saturated carbocycles. The molecule has 1 aliphatic rings. The lowest BCUT2D eigenvalue weighted by Crippen LogP contribution is -2.33. The highest BCUT2D eigenvalue weighted by atomic mass is 32.1. The van der Waals surface area contributed by atoms with Crippen molar-refractivity contribution in [3.05, 3.63) is 125 Å². The number of thiazole rings is 1.